The first-order chi connectivity index (χ1) is 18.2. The molecule has 0 unspecified atom stereocenters. The molecule has 1 radical (unpaired) electrons. The zero-order chi connectivity index (χ0) is 27.8. The van der Waals surface area contributed by atoms with Crippen LogP contribution in [0.2, 0.25) is 0 Å². The van der Waals surface area contributed by atoms with Crippen molar-refractivity contribution in [2.45, 2.75) is 67.2 Å². The number of fused-ring (bicyclic) bond motifs is 3. The molecule has 0 saturated heterocycles. The van der Waals surface area contributed by atoms with Crippen LogP contribution in [0.5, 0.6) is 11.6 Å². The van der Waals surface area contributed by atoms with Crippen LogP contribution in [0.4, 0.5) is 0 Å². The number of aliphatic hydroxyl groups is 1. The zero-order valence-corrected chi connectivity index (χ0v) is 26.1. The summed E-state index contributed by atoms with van der Waals surface area (Å²) in [4.78, 5) is 20.4. The summed E-state index contributed by atoms with van der Waals surface area (Å²) in [5.74, 6) is 1.45. The van der Waals surface area contributed by atoms with Crippen LogP contribution in [0.1, 0.15) is 67.2 Å². The van der Waals surface area contributed by atoms with E-state index in [0.717, 1.165) is 36.5 Å². The molecule has 2 heterocycles. The number of pyridine rings is 2. The van der Waals surface area contributed by atoms with E-state index < -0.39 is 0 Å². The number of aliphatic hydroxyl groups excluding tert-OH is 1. The molecular weight excluding hydrogens is 665 g/mol. The normalized spacial score (nSPS) is 11.9. The van der Waals surface area contributed by atoms with Crippen LogP contribution >= 0.6 is 0 Å². The number of allylic oxidation sites excluding steroid dienone is 2. The molecule has 5 nitrogen and oxygen atoms in total. The second kappa shape index (κ2) is 14.3. The molecule has 0 fully saturated rings. The molecule has 0 atom stereocenters. The Labute approximate surface area is 246 Å². The van der Waals surface area contributed by atoms with Gasteiger partial charge in [0.1, 0.15) is 5.76 Å². The van der Waals surface area contributed by atoms with Crippen molar-refractivity contribution in [1.29, 1.82) is 0 Å². The summed E-state index contributed by atoms with van der Waals surface area (Å²) < 4.78 is 5.73. The van der Waals surface area contributed by atoms with E-state index >= 15 is 0 Å². The van der Waals surface area contributed by atoms with E-state index in [2.05, 4.69) is 40.3 Å². The van der Waals surface area contributed by atoms with E-state index in [-0.39, 0.29) is 42.5 Å². The van der Waals surface area contributed by atoms with Crippen molar-refractivity contribution in [1.82, 2.24) is 9.97 Å². The standard InChI is InChI=1S/C18H11N2O.C15H28O2.Ir/c1-2-4-16-13(3-1)5-6-14-12-20-18(11-17(14)16)21-15-7-9-19-10-8-15;1-7-14(5,8-2)12(16)11-13(17)15(6,9-3)10-4;/h1-7,9-12H;11,16H,7-10H2,1-6H3;/q-1;;/b;12-11-;. The summed E-state index contributed by atoms with van der Waals surface area (Å²) in [6.07, 6.45) is 9.83. The third-order valence-electron chi connectivity index (χ3n) is 8.01. The van der Waals surface area contributed by atoms with E-state index in [0.29, 0.717) is 11.6 Å². The van der Waals surface area contributed by atoms with Gasteiger partial charge in [0.15, 0.2) is 5.78 Å². The number of ether oxygens (including phenoxy) is 1. The van der Waals surface area contributed by atoms with E-state index in [9.17, 15) is 9.90 Å². The Morgan fingerprint density at radius 2 is 1.56 bits per heavy atom. The Kier molecular flexibility index (Phi) is 11.8. The average molecular weight is 704 g/mol. The van der Waals surface area contributed by atoms with Gasteiger partial charge in [-0.05, 0) is 47.6 Å². The fraction of sp³-hybridized carbons (Fsp3) is 0.364. The van der Waals surface area contributed by atoms with Gasteiger partial charge in [-0.2, -0.15) is 12.1 Å². The second-order valence-corrected chi connectivity index (χ2v) is 10.2. The fourth-order valence-corrected chi connectivity index (χ4v) is 4.10. The van der Waals surface area contributed by atoms with Crippen molar-refractivity contribution in [2.24, 2.45) is 10.8 Å². The molecule has 4 rings (SSSR count). The summed E-state index contributed by atoms with van der Waals surface area (Å²) in [7, 11) is 0. The van der Waals surface area contributed by atoms with Gasteiger partial charge in [0.05, 0.1) is 0 Å². The van der Waals surface area contributed by atoms with E-state index in [1.807, 2.05) is 65.9 Å². The molecular formula is C33H39IrN2O3-. The summed E-state index contributed by atoms with van der Waals surface area (Å²) in [6.45, 7) is 12.1. The third-order valence-corrected chi connectivity index (χ3v) is 8.01. The van der Waals surface area contributed by atoms with Gasteiger partial charge in [-0.25, -0.2) is 4.98 Å². The van der Waals surface area contributed by atoms with Crippen LogP contribution in [0.3, 0.4) is 0 Å². The molecule has 6 heteroatoms. The van der Waals surface area contributed by atoms with E-state index in [4.69, 9.17) is 4.74 Å². The Morgan fingerprint density at radius 3 is 2.18 bits per heavy atom. The predicted octanol–water partition coefficient (Wildman–Crippen LogP) is 9.02. The minimum absolute atomic E-state index is 0. The molecule has 2 aromatic heterocycles. The van der Waals surface area contributed by atoms with Gasteiger partial charge < -0.3 is 14.8 Å². The van der Waals surface area contributed by atoms with Gasteiger partial charge in [0.25, 0.3) is 0 Å². The number of rotatable bonds is 9. The Balaban J connectivity index is 0.000000275. The van der Waals surface area contributed by atoms with Gasteiger partial charge in [-0.1, -0.05) is 90.3 Å². The number of aromatic nitrogens is 2. The van der Waals surface area contributed by atoms with Crippen LogP contribution in [-0.2, 0) is 24.9 Å². The SMILES string of the molecule is CCC(C)(CC)C(=O)/C=C(\O)C(C)(CC)CC.[Ir].[c-]1cnccc1Oc1cc2c(ccc3ccccc32)cn1. The monoisotopic (exact) mass is 704 g/mol. The number of ketones is 1. The number of benzene rings is 2. The molecule has 0 aliphatic carbocycles. The predicted molar refractivity (Wildman–Crippen MR) is 155 cm³/mol. The van der Waals surface area contributed by atoms with Crippen molar-refractivity contribution in [3.63, 3.8) is 0 Å². The number of nitrogens with zero attached hydrogens (tertiary/aromatic N) is 2. The smallest absolute Gasteiger partial charge is 0.216 e. The molecule has 39 heavy (non-hydrogen) atoms. The maximum atomic E-state index is 12.2. The average Bonchev–Trinajstić information content (AvgIpc) is 2.97. The summed E-state index contributed by atoms with van der Waals surface area (Å²) >= 11 is 0. The molecule has 0 aliphatic heterocycles. The molecule has 1 N–H and O–H groups in total. The maximum Gasteiger partial charge on any atom is 0.216 e. The quantitative estimate of drug-likeness (QED) is 0.0816. The molecule has 0 spiro atoms. The number of hydrogen-bond donors (Lipinski definition) is 1. The maximum absolute atomic E-state index is 12.2. The molecule has 209 valence electrons. The van der Waals surface area contributed by atoms with Gasteiger partial charge in [-0.3, -0.25) is 4.79 Å². The van der Waals surface area contributed by atoms with Crippen LogP contribution in [0.15, 0.2) is 79.0 Å². The topological polar surface area (TPSA) is 72.3 Å². The summed E-state index contributed by atoms with van der Waals surface area (Å²) in [5.41, 5.74) is -0.603. The van der Waals surface area contributed by atoms with Crippen molar-refractivity contribution >= 4 is 27.3 Å². The Morgan fingerprint density at radius 1 is 0.923 bits per heavy atom. The first-order valence-corrected chi connectivity index (χ1v) is 13.4. The first-order valence-electron chi connectivity index (χ1n) is 13.4. The molecule has 2 aromatic carbocycles. The number of hydrogen-bond acceptors (Lipinski definition) is 5. The Hall–Kier alpha value is -3.08. The first kappa shape index (κ1) is 32.1. The van der Waals surface area contributed by atoms with E-state index in [1.54, 1.807) is 18.5 Å². The minimum atomic E-state index is -0.337. The van der Waals surface area contributed by atoms with Crippen molar-refractivity contribution in [3.05, 3.63) is 85.0 Å². The van der Waals surface area contributed by atoms with Crippen LogP contribution in [0.25, 0.3) is 21.5 Å². The third kappa shape index (κ3) is 7.74. The molecule has 4 aromatic rings. The van der Waals surface area contributed by atoms with Crippen molar-refractivity contribution in [3.8, 4) is 11.6 Å². The fourth-order valence-electron chi connectivity index (χ4n) is 4.10. The van der Waals surface area contributed by atoms with Crippen LogP contribution in [-0.4, -0.2) is 20.9 Å². The summed E-state index contributed by atoms with van der Waals surface area (Å²) in [6, 6.07) is 19.1. The largest absolute Gasteiger partial charge is 0.512 e. The number of carbonyl (C=O) groups is 1. The second-order valence-electron chi connectivity index (χ2n) is 10.2. The molecule has 0 aliphatic rings. The number of carbonyl (C=O) groups excluding carboxylic acids is 1. The van der Waals surface area contributed by atoms with Crippen molar-refractivity contribution in [2.75, 3.05) is 0 Å². The zero-order valence-electron chi connectivity index (χ0n) is 23.7. The summed E-state index contributed by atoms with van der Waals surface area (Å²) in [5, 5.41) is 14.8. The van der Waals surface area contributed by atoms with Crippen LogP contribution < -0.4 is 4.74 Å². The minimum Gasteiger partial charge on any atom is -0.512 e. The molecule has 0 amide bonds. The Bertz CT molecular complexity index is 1390. The molecule has 0 bridgehead atoms. The van der Waals surface area contributed by atoms with Gasteiger partial charge >= 0.3 is 0 Å². The van der Waals surface area contributed by atoms with E-state index in [1.165, 1.54) is 16.8 Å². The van der Waals surface area contributed by atoms with Crippen LogP contribution in [0, 0.1) is 16.9 Å². The van der Waals surface area contributed by atoms with Gasteiger partial charge in [0.2, 0.25) is 5.88 Å². The van der Waals surface area contributed by atoms with Crippen molar-refractivity contribution < 1.29 is 34.7 Å². The van der Waals surface area contributed by atoms with Gasteiger partial charge in [0, 0.05) is 54.7 Å². The van der Waals surface area contributed by atoms with Gasteiger partial charge in [-0.15, -0.1) is 0 Å². The molecule has 0 saturated carbocycles.